The number of carbonyl (C=O) groups is 1. The summed E-state index contributed by atoms with van der Waals surface area (Å²) in [4.78, 5) is 12.0. The third-order valence-corrected chi connectivity index (χ3v) is 3.26. The van der Waals surface area contributed by atoms with Gasteiger partial charge < -0.3 is 10.1 Å². The van der Waals surface area contributed by atoms with Crippen LogP contribution in [0, 0.1) is 0 Å². The molecule has 1 aliphatic heterocycles. The minimum Gasteiger partial charge on any atom is -0.376 e. The summed E-state index contributed by atoms with van der Waals surface area (Å²) in [5.74, 6) is -0.0937. The maximum atomic E-state index is 12.0. The monoisotopic (exact) mass is 273 g/mol. The quantitative estimate of drug-likeness (QED) is 0.880. The van der Waals surface area contributed by atoms with Crippen LogP contribution in [0.3, 0.4) is 0 Å². The predicted octanol–water partition coefficient (Wildman–Crippen LogP) is 0.571. The fraction of sp³-hybridized carbons (Fsp3) is 0.385. The molecule has 3 rings (SSSR count). The molecule has 0 aliphatic carbocycles. The molecule has 1 amide bonds. The van der Waals surface area contributed by atoms with E-state index in [-0.39, 0.29) is 12.0 Å². The van der Waals surface area contributed by atoms with Gasteiger partial charge in [0.05, 0.1) is 11.8 Å². The Morgan fingerprint density at radius 2 is 2.25 bits per heavy atom. The van der Waals surface area contributed by atoms with Gasteiger partial charge in [0.2, 0.25) is 0 Å². The molecule has 1 fully saturated rings. The van der Waals surface area contributed by atoms with Gasteiger partial charge in [-0.3, -0.25) is 4.79 Å². The number of hydrogen-bond acceptors (Lipinski definition) is 5. The summed E-state index contributed by atoms with van der Waals surface area (Å²) in [6.45, 7) is 1.36. The summed E-state index contributed by atoms with van der Waals surface area (Å²) in [7, 11) is 0. The number of aromatic nitrogens is 4. The molecule has 0 radical (unpaired) electrons. The van der Waals surface area contributed by atoms with Crippen molar-refractivity contribution < 1.29 is 9.53 Å². The molecule has 104 valence electrons. The molecule has 7 nitrogen and oxygen atoms in total. The van der Waals surface area contributed by atoms with Crippen LogP contribution in [0.15, 0.2) is 30.6 Å². The first-order valence-corrected chi connectivity index (χ1v) is 6.56. The Hall–Kier alpha value is -2.28. The van der Waals surface area contributed by atoms with E-state index in [1.807, 2.05) is 0 Å². The van der Waals surface area contributed by atoms with Crippen LogP contribution in [0.2, 0.25) is 0 Å². The van der Waals surface area contributed by atoms with Crippen LogP contribution in [0.4, 0.5) is 0 Å². The van der Waals surface area contributed by atoms with Crippen molar-refractivity contribution in [2.24, 2.45) is 0 Å². The van der Waals surface area contributed by atoms with Crippen molar-refractivity contribution in [1.82, 2.24) is 25.5 Å². The standard InChI is InChI=1S/C13H15N5O2/c19-13(14-8-12-2-1-7-20-12)10-3-5-11(6-4-10)18-9-15-16-17-18/h3-6,9,12H,1-2,7-8H2,(H,14,19)/t12-/m0/s1. The fourth-order valence-corrected chi connectivity index (χ4v) is 2.16. The molecule has 0 bridgehead atoms. The molecule has 0 saturated carbocycles. The lowest BCUT2D eigenvalue weighted by Gasteiger charge is -2.10. The molecular formula is C13H15N5O2. The Kier molecular flexibility index (Phi) is 3.69. The van der Waals surface area contributed by atoms with E-state index in [9.17, 15) is 4.79 Å². The van der Waals surface area contributed by atoms with E-state index in [0.717, 1.165) is 25.1 Å². The highest BCUT2D eigenvalue weighted by molar-refractivity contribution is 5.94. The van der Waals surface area contributed by atoms with Crippen molar-refractivity contribution in [3.63, 3.8) is 0 Å². The maximum Gasteiger partial charge on any atom is 0.251 e. The molecule has 2 aromatic rings. The van der Waals surface area contributed by atoms with Crippen LogP contribution in [0.25, 0.3) is 5.69 Å². The number of benzene rings is 1. The van der Waals surface area contributed by atoms with Crippen LogP contribution in [0.1, 0.15) is 23.2 Å². The number of amides is 1. The fourth-order valence-electron chi connectivity index (χ4n) is 2.16. The Morgan fingerprint density at radius 3 is 2.90 bits per heavy atom. The van der Waals surface area contributed by atoms with Crippen LogP contribution < -0.4 is 5.32 Å². The highest BCUT2D eigenvalue weighted by atomic mass is 16.5. The highest BCUT2D eigenvalue weighted by Gasteiger charge is 2.16. The molecule has 1 aromatic heterocycles. The van der Waals surface area contributed by atoms with Gasteiger partial charge in [0, 0.05) is 18.7 Å². The topological polar surface area (TPSA) is 81.9 Å². The second-order valence-corrected chi connectivity index (χ2v) is 4.65. The van der Waals surface area contributed by atoms with Crippen molar-refractivity contribution in [2.75, 3.05) is 13.2 Å². The SMILES string of the molecule is O=C(NC[C@@H]1CCCO1)c1ccc(-n2cnnn2)cc1. The van der Waals surface area contributed by atoms with Crippen molar-refractivity contribution >= 4 is 5.91 Å². The Morgan fingerprint density at radius 1 is 1.40 bits per heavy atom. The number of nitrogens with zero attached hydrogens (tertiary/aromatic N) is 4. The van der Waals surface area contributed by atoms with Crippen molar-refractivity contribution in [3.8, 4) is 5.69 Å². The zero-order valence-electron chi connectivity index (χ0n) is 10.9. The Balaban J connectivity index is 1.60. The maximum absolute atomic E-state index is 12.0. The lowest BCUT2D eigenvalue weighted by molar-refractivity contribution is 0.0858. The molecule has 1 saturated heterocycles. The van der Waals surface area contributed by atoms with E-state index in [4.69, 9.17) is 4.74 Å². The Labute approximate surface area is 115 Å². The number of rotatable bonds is 4. The minimum absolute atomic E-state index is 0.0937. The van der Waals surface area contributed by atoms with Crippen LogP contribution in [-0.4, -0.2) is 45.4 Å². The number of nitrogens with one attached hydrogen (secondary N) is 1. The van der Waals surface area contributed by atoms with Gasteiger partial charge in [0.1, 0.15) is 6.33 Å². The minimum atomic E-state index is -0.0937. The summed E-state index contributed by atoms with van der Waals surface area (Å²) in [6.07, 6.45) is 3.74. The average Bonchev–Trinajstić information content (AvgIpc) is 3.18. The summed E-state index contributed by atoms with van der Waals surface area (Å²) >= 11 is 0. The molecule has 2 heterocycles. The lowest BCUT2D eigenvalue weighted by atomic mass is 10.2. The van der Waals surface area contributed by atoms with E-state index in [1.165, 1.54) is 11.0 Å². The highest BCUT2D eigenvalue weighted by Crippen LogP contribution is 2.11. The van der Waals surface area contributed by atoms with Crippen LogP contribution >= 0.6 is 0 Å². The first kappa shape index (κ1) is 12.7. The number of carbonyl (C=O) groups excluding carboxylic acids is 1. The zero-order valence-corrected chi connectivity index (χ0v) is 10.9. The van der Waals surface area contributed by atoms with Crippen LogP contribution in [0.5, 0.6) is 0 Å². The smallest absolute Gasteiger partial charge is 0.251 e. The van der Waals surface area contributed by atoms with Gasteiger partial charge in [-0.2, -0.15) is 0 Å². The summed E-state index contributed by atoms with van der Waals surface area (Å²) in [6, 6.07) is 7.11. The third kappa shape index (κ3) is 2.83. The van der Waals surface area contributed by atoms with Gasteiger partial charge in [-0.05, 0) is 47.5 Å². The molecular weight excluding hydrogens is 258 g/mol. The largest absolute Gasteiger partial charge is 0.376 e. The third-order valence-electron chi connectivity index (χ3n) is 3.26. The average molecular weight is 273 g/mol. The number of hydrogen-bond donors (Lipinski definition) is 1. The van der Waals surface area contributed by atoms with Crippen molar-refractivity contribution in [1.29, 1.82) is 0 Å². The first-order valence-electron chi connectivity index (χ1n) is 6.56. The molecule has 1 aliphatic rings. The van der Waals surface area contributed by atoms with Crippen LogP contribution in [-0.2, 0) is 4.74 Å². The summed E-state index contributed by atoms with van der Waals surface area (Å²) < 4.78 is 7.00. The number of ether oxygens (including phenoxy) is 1. The molecule has 0 unspecified atom stereocenters. The molecule has 1 N–H and O–H groups in total. The van der Waals surface area contributed by atoms with E-state index < -0.39 is 0 Å². The van der Waals surface area contributed by atoms with Gasteiger partial charge in [0.15, 0.2) is 0 Å². The summed E-state index contributed by atoms with van der Waals surface area (Å²) in [5, 5.41) is 13.8. The molecule has 20 heavy (non-hydrogen) atoms. The van der Waals surface area contributed by atoms with Gasteiger partial charge in [-0.25, -0.2) is 4.68 Å². The van der Waals surface area contributed by atoms with E-state index in [2.05, 4.69) is 20.8 Å². The molecule has 7 heteroatoms. The first-order chi connectivity index (χ1) is 9.83. The van der Waals surface area contributed by atoms with Gasteiger partial charge in [-0.15, -0.1) is 5.10 Å². The molecule has 1 aromatic carbocycles. The van der Waals surface area contributed by atoms with Gasteiger partial charge >= 0.3 is 0 Å². The zero-order chi connectivity index (χ0) is 13.8. The Bertz CT molecular complexity index is 561. The number of tetrazole rings is 1. The lowest BCUT2D eigenvalue weighted by Crippen LogP contribution is -2.31. The normalized spacial score (nSPS) is 18.1. The summed E-state index contributed by atoms with van der Waals surface area (Å²) in [5.41, 5.74) is 1.42. The van der Waals surface area contributed by atoms with Gasteiger partial charge in [0.25, 0.3) is 5.91 Å². The van der Waals surface area contributed by atoms with E-state index in [0.29, 0.717) is 12.1 Å². The van der Waals surface area contributed by atoms with E-state index in [1.54, 1.807) is 24.3 Å². The predicted molar refractivity (Wildman–Crippen MR) is 70.5 cm³/mol. The molecule has 1 atom stereocenters. The molecule has 0 spiro atoms. The van der Waals surface area contributed by atoms with E-state index >= 15 is 0 Å². The van der Waals surface area contributed by atoms with Gasteiger partial charge in [-0.1, -0.05) is 0 Å². The van der Waals surface area contributed by atoms with Crippen molar-refractivity contribution in [2.45, 2.75) is 18.9 Å². The second-order valence-electron chi connectivity index (χ2n) is 4.65. The van der Waals surface area contributed by atoms with Crippen molar-refractivity contribution in [3.05, 3.63) is 36.2 Å². The second kappa shape index (κ2) is 5.79.